The summed E-state index contributed by atoms with van der Waals surface area (Å²) in [7, 11) is 0. The number of halogens is 1. The van der Waals surface area contributed by atoms with Gasteiger partial charge < -0.3 is 5.32 Å². The molecule has 0 bridgehead atoms. The lowest BCUT2D eigenvalue weighted by atomic mass is 10.1. The molecule has 0 aliphatic carbocycles. The second kappa shape index (κ2) is 7.76. The highest BCUT2D eigenvalue weighted by Crippen LogP contribution is 2.23. The van der Waals surface area contributed by atoms with E-state index in [0.717, 1.165) is 23.6 Å². The van der Waals surface area contributed by atoms with E-state index in [2.05, 4.69) is 10.3 Å². The third-order valence-electron chi connectivity index (χ3n) is 3.77. The van der Waals surface area contributed by atoms with Crippen LogP contribution in [0.5, 0.6) is 0 Å². The number of anilines is 1. The van der Waals surface area contributed by atoms with Crippen molar-refractivity contribution < 1.29 is 9.72 Å². The Morgan fingerprint density at radius 1 is 1.04 bits per heavy atom. The number of amides is 1. The van der Waals surface area contributed by atoms with Gasteiger partial charge in [-0.3, -0.25) is 19.9 Å². The molecule has 0 atom stereocenters. The molecule has 7 heteroatoms. The lowest BCUT2D eigenvalue weighted by Crippen LogP contribution is -2.12. The Kier molecular flexibility index (Phi) is 5.24. The van der Waals surface area contributed by atoms with Crippen LogP contribution in [0.1, 0.15) is 21.5 Å². The lowest BCUT2D eigenvalue weighted by Gasteiger charge is -2.08. The fourth-order valence-corrected chi connectivity index (χ4v) is 2.64. The zero-order valence-corrected chi connectivity index (χ0v) is 14.3. The van der Waals surface area contributed by atoms with E-state index in [-0.39, 0.29) is 16.3 Å². The van der Waals surface area contributed by atoms with E-state index < -0.39 is 10.8 Å². The van der Waals surface area contributed by atoms with Crippen LogP contribution in [-0.4, -0.2) is 15.8 Å². The Morgan fingerprint density at radius 3 is 2.35 bits per heavy atom. The number of nitrogens with one attached hydrogen (secondary N) is 1. The molecular weight excluding hydrogens is 354 g/mol. The van der Waals surface area contributed by atoms with E-state index in [9.17, 15) is 14.9 Å². The topological polar surface area (TPSA) is 85.1 Å². The molecule has 1 heterocycles. The van der Waals surface area contributed by atoms with Crippen LogP contribution in [0, 0.1) is 10.1 Å². The van der Waals surface area contributed by atoms with Crippen LogP contribution in [0.25, 0.3) is 0 Å². The molecule has 0 aliphatic rings. The van der Waals surface area contributed by atoms with E-state index in [0.29, 0.717) is 5.69 Å². The third-order valence-corrected chi connectivity index (χ3v) is 4.10. The number of benzene rings is 2. The molecule has 130 valence electrons. The van der Waals surface area contributed by atoms with Crippen molar-refractivity contribution in [3.05, 3.63) is 98.8 Å². The van der Waals surface area contributed by atoms with Crippen molar-refractivity contribution in [3.8, 4) is 0 Å². The zero-order chi connectivity index (χ0) is 18.5. The SMILES string of the molecule is O=C(Nc1ccc(Cc2ccncc2)cc1)c1cc([N+](=O)[O-])ccc1Cl. The molecule has 2 aromatic carbocycles. The maximum absolute atomic E-state index is 12.4. The fourth-order valence-electron chi connectivity index (χ4n) is 2.44. The highest BCUT2D eigenvalue weighted by atomic mass is 35.5. The largest absolute Gasteiger partial charge is 0.322 e. The van der Waals surface area contributed by atoms with Crippen molar-refractivity contribution >= 4 is 28.9 Å². The number of carbonyl (C=O) groups is 1. The van der Waals surface area contributed by atoms with Gasteiger partial charge in [0.05, 0.1) is 15.5 Å². The van der Waals surface area contributed by atoms with E-state index in [1.54, 1.807) is 24.5 Å². The summed E-state index contributed by atoms with van der Waals surface area (Å²) in [5, 5.41) is 13.7. The van der Waals surface area contributed by atoms with Gasteiger partial charge in [0.15, 0.2) is 0 Å². The Bertz CT molecular complexity index is 944. The van der Waals surface area contributed by atoms with E-state index in [1.807, 2.05) is 24.3 Å². The summed E-state index contributed by atoms with van der Waals surface area (Å²) in [4.78, 5) is 26.6. The molecule has 0 unspecified atom stereocenters. The second-order valence-electron chi connectivity index (χ2n) is 5.60. The van der Waals surface area contributed by atoms with Crippen LogP contribution in [0.2, 0.25) is 5.02 Å². The minimum absolute atomic E-state index is 0.0572. The summed E-state index contributed by atoms with van der Waals surface area (Å²) in [6.45, 7) is 0. The lowest BCUT2D eigenvalue weighted by molar-refractivity contribution is -0.384. The first-order valence-electron chi connectivity index (χ1n) is 7.76. The van der Waals surface area contributed by atoms with Crippen LogP contribution in [0.15, 0.2) is 67.0 Å². The number of hydrogen-bond donors (Lipinski definition) is 1. The van der Waals surface area contributed by atoms with E-state index >= 15 is 0 Å². The van der Waals surface area contributed by atoms with Crippen molar-refractivity contribution in [2.75, 3.05) is 5.32 Å². The van der Waals surface area contributed by atoms with Crippen LogP contribution >= 0.6 is 11.6 Å². The van der Waals surface area contributed by atoms with Crippen molar-refractivity contribution in [2.24, 2.45) is 0 Å². The molecule has 0 spiro atoms. The number of aromatic nitrogens is 1. The van der Waals surface area contributed by atoms with Gasteiger partial charge in [0.25, 0.3) is 11.6 Å². The highest BCUT2D eigenvalue weighted by molar-refractivity contribution is 6.34. The zero-order valence-electron chi connectivity index (χ0n) is 13.6. The maximum atomic E-state index is 12.4. The second-order valence-corrected chi connectivity index (χ2v) is 6.01. The van der Waals surface area contributed by atoms with Crippen LogP contribution in [-0.2, 0) is 6.42 Å². The molecule has 1 N–H and O–H groups in total. The van der Waals surface area contributed by atoms with Crippen LogP contribution < -0.4 is 5.32 Å². The van der Waals surface area contributed by atoms with Crippen LogP contribution in [0.4, 0.5) is 11.4 Å². The number of hydrogen-bond acceptors (Lipinski definition) is 4. The molecule has 0 aliphatic heterocycles. The molecule has 1 amide bonds. The molecule has 0 saturated carbocycles. The number of nitro benzene ring substituents is 1. The number of pyridine rings is 1. The molecule has 6 nitrogen and oxygen atoms in total. The normalized spacial score (nSPS) is 10.3. The van der Waals surface area contributed by atoms with Crippen molar-refractivity contribution in [2.45, 2.75) is 6.42 Å². The fraction of sp³-hybridized carbons (Fsp3) is 0.0526. The molecular formula is C19H14ClN3O3. The third kappa shape index (κ3) is 4.23. The van der Waals surface area contributed by atoms with Gasteiger partial charge in [-0.05, 0) is 47.9 Å². The standard InChI is InChI=1S/C19H14ClN3O3/c20-18-6-5-16(23(25)26)12-17(18)19(24)22-15-3-1-13(2-4-15)11-14-7-9-21-10-8-14/h1-10,12H,11H2,(H,22,24). The van der Waals surface area contributed by atoms with Gasteiger partial charge in [0, 0.05) is 30.2 Å². The Balaban J connectivity index is 1.72. The number of rotatable bonds is 5. The first kappa shape index (κ1) is 17.6. The molecule has 0 saturated heterocycles. The predicted octanol–water partition coefficient (Wildman–Crippen LogP) is 4.49. The summed E-state index contributed by atoms with van der Waals surface area (Å²) in [6.07, 6.45) is 4.24. The summed E-state index contributed by atoms with van der Waals surface area (Å²) in [6, 6.07) is 15.0. The van der Waals surface area contributed by atoms with Gasteiger partial charge in [-0.15, -0.1) is 0 Å². The smallest absolute Gasteiger partial charge is 0.270 e. The predicted molar refractivity (Wildman–Crippen MR) is 99.5 cm³/mol. The molecule has 26 heavy (non-hydrogen) atoms. The molecule has 3 rings (SSSR count). The minimum atomic E-state index is -0.568. The van der Waals surface area contributed by atoms with E-state index in [4.69, 9.17) is 11.6 Å². The Labute approximate surface area is 154 Å². The van der Waals surface area contributed by atoms with Crippen molar-refractivity contribution in [3.63, 3.8) is 0 Å². The summed E-state index contributed by atoms with van der Waals surface area (Å²) in [5.74, 6) is -0.499. The Morgan fingerprint density at radius 2 is 1.69 bits per heavy atom. The van der Waals surface area contributed by atoms with Crippen molar-refractivity contribution in [1.82, 2.24) is 4.98 Å². The number of nitro groups is 1. The number of non-ortho nitro benzene ring substituents is 1. The quantitative estimate of drug-likeness (QED) is 0.532. The van der Waals surface area contributed by atoms with Gasteiger partial charge in [-0.25, -0.2) is 0 Å². The Hall–Kier alpha value is -3.25. The first-order chi connectivity index (χ1) is 12.5. The molecule has 0 fully saturated rings. The van der Waals surface area contributed by atoms with Gasteiger partial charge in [-0.2, -0.15) is 0 Å². The maximum Gasteiger partial charge on any atom is 0.270 e. The van der Waals surface area contributed by atoms with Crippen LogP contribution in [0.3, 0.4) is 0 Å². The number of nitrogens with zero attached hydrogens (tertiary/aromatic N) is 2. The van der Waals surface area contributed by atoms with Gasteiger partial charge >= 0.3 is 0 Å². The van der Waals surface area contributed by atoms with Gasteiger partial charge in [0.2, 0.25) is 0 Å². The average Bonchev–Trinajstić information content (AvgIpc) is 2.64. The minimum Gasteiger partial charge on any atom is -0.322 e. The highest BCUT2D eigenvalue weighted by Gasteiger charge is 2.16. The van der Waals surface area contributed by atoms with Crippen molar-refractivity contribution in [1.29, 1.82) is 0 Å². The first-order valence-corrected chi connectivity index (χ1v) is 8.14. The molecule has 3 aromatic rings. The van der Waals surface area contributed by atoms with E-state index in [1.165, 1.54) is 12.1 Å². The molecule has 0 radical (unpaired) electrons. The summed E-state index contributed by atoms with van der Waals surface area (Å²) < 4.78 is 0. The summed E-state index contributed by atoms with van der Waals surface area (Å²) >= 11 is 5.99. The monoisotopic (exact) mass is 367 g/mol. The average molecular weight is 368 g/mol. The number of carbonyl (C=O) groups excluding carboxylic acids is 1. The van der Waals surface area contributed by atoms with Gasteiger partial charge in [0.1, 0.15) is 0 Å². The van der Waals surface area contributed by atoms with Gasteiger partial charge in [-0.1, -0.05) is 23.7 Å². The summed E-state index contributed by atoms with van der Waals surface area (Å²) in [5.41, 5.74) is 2.67. The molecule has 1 aromatic heterocycles.